The highest BCUT2D eigenvalue weighted by atomic mass is 19.1. The van der Waals surface area contributed by atoms with Crippen molar-refractivity contribution in [1.29, 1.82) is 0 Å². The first-order chi connectivity index (χ1) is 10.0. The van der Waals surface area contributed by atoms with Crippen LogP contribution in [0.25, 0.3) is 22.4 Å². The van der Waals surface area contributed by atoms with Gasteiger partial charge in [-0.1, -0.05) is 6.07 Å². The van der Waals surface area contributed by atoms with E-state index in [0.717, 1.165) is 0 Å². The topological polar surface area (TPSA) is 43.8 Å². The molecule has 0 bridgehead atoms. The Hall–Kier alpha value is -2.50. The Balaban J connectivity index is 2.35. The van der Waals surface area contributed by atoms with Crippen molar-refractivity contribution in [2.75, 3.05) is 5.73 Å². The number of anilines is 1. The Labute approximate surface area is 118 Å². The largest absolute Gasteiger partial charge is 0.396 e. The molecule has 6 heteroatoms. The molecule has 2 aromatic carbocycles. The molecule has 0 aliphatic rings. The molecule has 0 radical (unpaired) electrons. The maximum atomic E-state index is 14.0. The zero-order valence-corrected chi connectivity index (χ0v) is 11.2. The third-order valence-electron chi connectivity index (χ3n) is 3.37. The number of nitrogens with zero attached hydrogens (tertiary/aromatic N) is 2. The number of nitrogens with two attached hydrogens (primary N) is 1. The van der Waals surface area contributed by atoms with Gasteiger partial charge in [-0.25, -0.2) is 18.2 Å². The molecular formula is C15H12F3N3. The first kappa shape index (κ1) is 13.5. The van der Waals surface area contributed by atoms with Gasteiger partial charge < -0.3 is 10.3 Å². The van der Waals surface area contributed by atoms with Crippen LogP contribution in [0.3, 0.4) is 0 Å². The summed E-state index contributed by atoms with van der Waals surface area (Å²) < 4.78 is 42.8. The maximum absolute atomic E-state index is 14.0. The zero-order valence-electron chi connectivity index (χ0n) is 11.2. The number of aromatic nitrogens is 2. The van der Waals surface area contributed by atoms with Crippen molar-refractivity contribution in [1.82, 2.24) is 9.55 Å². The SMILES string of the molecule is CCn1c(-c2cc(N)c(F)cc2F)nc2c(F)cccc21. The molecule has 0 aliphatic heterocycles. The molecule has 0 amide bonds. The standard InChI is InChI=1S/C15H12F3N3/c1-2-21-13-5-3-4-9(16)14(13)20-15(21)8-6-12(19)11(18)7-10(8)17/h3-7H,2,19H2,1H3. The highest BCUT2D eigenvalue weighted by molar-refractivity contribution is 5.81. The molecule has 3 aromatic rings. The third-order valence-corrected chi connectivity index (χ3v) is 3.37. The molecule has 0 spiro atoms. The number of nitrogen functional groups attached to an aromatic ring is 1. The predicted molar refractivity (Wildman–Crippen MR) is 75.1 cm³/mol. The summed E-state index contributed by atoms with van der Waals surface area (Å²) in [5.41, 5.74) is 6.06. The molecule has 0 atom stereocenters. The predicted octanol–water partition coefficient (Wildman–Crippen LogP) is 3.72. The summed E-state index contributed by atoms with van der Waals surface area (Å²) in [5.74, 6) is -1.88. The number of hydrogen-bond acceptors (Lipinski definition) is 2. The highest BCUT2D eigenvalue weighted by Crippen LogP contribution is 2.30. The number of hydrogen-bond donors (Lipinski definition) is 1. The fraction of sp³-hybridized carbons (Fsp3) is 0.133. The number of para-hydroxylation sites is 1. The van der Waals surface area contributed by atoms with Crippen LogP contribution >= 0.6 is 0 Å². The number of aryl methyl sites for hydroxylation is 1. The number of imidazole rings is 1. The number of rotatable bonds is 2. The van der Waals surface area contributed by atoms with Crippen LogP contribution < -0.4 is 5.73 Å². The van der Waals surface area contributed by atoms with Crippen LogP contribution in [-0.4, -0.2) is 9.55 Å². The van der Waals surface area contributed by atoms with Gasteiger partial charge in [0.15, 0.2) is 5.82 Å². The summed E-state index contributed by atoms with van der Waals surface area (Å²) in [7, 11) is 0. The van der Waals surface area contributed by atoms with E-state index in [2.05, 4.69) is 4.98 Å². The smallest absolute Gasteiger partial charge is 0.151 e. The van der Waals surface area contributed by atoms with Gasteiger partial charge in [0, 0.05) is 12.6 Å². The quantitative estimate of drug-likeness (QED) is 0.731. The Morgan fingerprint density at radius 3 is 2.57 bits per heavy atom. The fourth-order valence-corrected chi connectivity index (χ4v) is 2.38. The van der Waals surface area contributed by atoms with Crippen LogP contribution in [0.15, 0.2) is 30.3 Å². The van der Waals surface area contributed by atoms with Crippen molar-refractivity contribution < 1.29 is 13.2 Å². The van der Waals surface area contributed by atoms with Crippen molar-refractivity contribution in [3.8, 4) is 11.4 Å². The van der Waals surface area contributed by atoms with Crippen LogP contribution in [0.1, 0.15) is 6.92 Å². The van der Waals surface area contributed by atoms with Gasteiger partial charge in [-0.2, -0.15) is 0 Å². The van der Waals surface area contributed by atoms with Crippen LogP contribution in [0.5, 0.6) is 0 Å². The average molecular weight is 291 g/mol. The zero-order chi connectivity index (χ0) is 15.1. The van der Waals surface area contributed by atoms with E-state index in [4.69, 9.17) is 5.73 Å². The van der Waals surface area contributed by atoms with Gasteiger partial charge in [0.2, 0.25) is 0 Å². The third kappa shape index (κ3) is 2.03. The van der Waals surface area contributed by atoms with Gasteiger partial charge >= 0.3 is 0 Å². The molecular weight excluding hydrogens is 279 g/mol. The van der Waals surface area contributed by atoms with Gasteiger partial charge in [0.25, 0.3) is 0 Å². The summed E-state index contributed by atoms with van der Waals surface area (Å²) in [5, 5.41) is 0. The Morgan fingerprint density at radius 1 is 1.10 bits per heavy atom. The minimum atomic E-state index is -0.832. The lowest BCUT2D eigenvalue weighted by atomic mass is 10.1. The van der Waals surface area contributed by atoms with Gasteiger partial charge in [0.05, 0.1) is 16.8 Å². The van der Waals surface area contributed by atoms with Crippen molar-refractivity contribution >= 4 is 16.7 Å². The minimum Gasteiger partial charge on any atom is -0.396 e. The lowest BCUT2D eigenvalue weighted by Gasteiger charge is -2.08. The Bertz CT molecular complexity index is 840. The molecule has 108 valence electrons. The monoisotopic (exact) mass is 291 g/mol. The average Bonchev–Trinajstić information content (AvgIpc) is 2.82. The summed E-state index contributed by atoms with van der Waals surface area (Å²) >= 11 is 0. The van der Waals surface area contributed by atoms with Gasteiger partial charge in [0.1, 0.15) is 23.0 Å². The molecule has 0 saturated heterocycles. The van der Waals surface area contributed by atoms with Crippen molar-refractivity contribution in [3.63, 3.8) is 0 Å². The first-order valence-electron chi connectivity index (χ1n) is 6.42. The van der Waals surface area contributed by atoms with Crippen LogP contribution in [0, 0.1) is 17.5 Å². The molecule has 3 rings (SSSR count). The molecule has 0 unspecified atom stereocenters. The van der Waals surface area contributed by atoms with Crippen molar-refractivity contribution in [3.05, 3.63) is 47.8 Å². The second-order valence-electron chi connectivity index (χ2n) is 4.64. The fourth-order valence-electron chi connectivity index (χ4n) is 2.38. The van der Waals surface area contributed by atoms with Gasteiger partial charge in [-0.15, -0.1) is 0 Å². The lowest BCUT2D eigenvalue weighted by Crippen LogP contribution is -2.01. The van der Waals surface area contributed by atoms with Crippen LogP contribution in [0.4, 0.5) is 18.9 Å². The van der Waals surface area contributed by atoms with E-state index in [-0.39, 0.29) is 22.6 Å². The van der Waals surface area contributed by atoms with Crippen molar-refractivity contribution in [2.45, 2.75) is 13.5 Å². The Kier molecular flexibility index (Phi) is 3.08. The van der Waals surface area contributed by atoms with Gasteiger partial charge in [-0.3, -0.25) is 0 Å². The Morgan fingerprint density at radius 2 is 1.86 bits per heavy atom. The molecule has 2 N–H and O–H groups in total. The highest BCUT2D eigenvalue weighted by Gasteiger charge is 2.18. The number of fused-ring (bicyclic) bond motifs is 1. The number of benzene rings is 2. The molecule has 0 saturated carbocycles. The molecule has 1 aromatic heterocycles. The normalized spacial score (nSPS) is 11.2. The van der Waals surface area contributed by atoms with E-state index < -0.39 is 17.5 Å². The second kappa shape index (κ2) is 4.80. The molecule has 21 heavy (non-hydrogen) atoms. The van der Waals surface area contributed by atoms with E-state index in [1.54, 1.807) is 16.7 Å². The van der Waals surface area contributed by atoms with Crippen LogP contribution in [0.2, 0.25) is 0 Å². The van der Waals surface area contributed by atoms with E-state index in [0.29, 0.717) is 18.1 Å². The minimum absolute atomic E-state index is 0.0475. The van der Waals surface area contributed by atoms with E-state index in [1.807, 2.05) is 6.92 Å². The van der Waals surface area contributed by atoms with Crippen LogP contribution in [-0.2, 0) is 6.54 Å². The molecule has 1 heterocycles. The summed E-state index contributed by atoms with van der Waals surface area (Å²) in [6.07, 6.45) is 0. The summed E-state index contributed by atoms with van der Waals surface area (Å²) in [6.45, 7) is 2.30. The maximum Gasteiger partial charge on any atom is 0.151 e. The summed E-state index contributed by atoms with van der Waals surface area (Å²) in [4.78, 5) is 4.15. The number of halogens is 3. The molecule has 3 nitrogen and oxygen atoms in total. The summed E-state index contributed by atoms with van der Waals surface area (Å²) in [6, 6.07) is 6.43. The second-order valence-corrected chi connectivity index (χ2v) is 4.64. The van der Waals surface area contributed by atoms with Crippen molar-refractivity contribution in [2.24, 2.45) is 0 Å². The first-order valence-corrected chi connectivity index (χ1v) is 6.42. The molecule has 0 aliphatic carbocycles. The van der Waals surface area contributed by atoms with E-state index in [9.17, 15) is 13.2 Å². The van der Waals surface area contributed by atoms with E-state index in [1.165, 1.54) is 12.1 Å². The van der Waals surface area contributed by atoms with Gasteiger partial charge in [-0.05, 0) is 25.1 Å². The lowest BCUT2D eigenvalue weighted by molar-refractivity contribution is 0.587. The molecule has 0 fully saturated rings. The van der Waals surface area contributed by atoms with E-state index >= 15 is 0 Å².